The molecule has 0 unspecified atom stereocenters. The summed E-state index contributed by atoms with van der Waals surface area (Å²) in [6.45, 7) is 0. The van der Waals surface area contributed by atoms with Gasteiger partial charge in [-0.3, -0.25) is 4.90 Å². The number of aromatic nitrogens is 2. The maximum absolute atomic E-state index is 8.84. The summed E-state index contributed by atoms with van der Waals surface area (Å²) in [6.07, 6.45) is 3.47. The molecule has 2 aromatic heterocycles. The monoisotopic (exact) mass is 323 g/mol. The van der Waals surface area contributed by atoms with Crippen LogP contribution in [0.3, 0.4) is 0 Å². The molecule has 0 spiro atoms. The van der Waals surface area contributed by atoms with Gasteiger partial charge in [0, 0.05) is 30.0 Å². The largest absolute Gasteiger partial charge is 0.321 e. The minimum Gasteiger partial charge on any atom is -0.321 e. The zero-order valence-corrected chi connectivity index (χ0v) is 12.2. The minimum atomic E-state index is 0.574. The van der Waals surface area contributed by atoms with Crippen molar-refractivity contribution in [3.8, 4) is 6.19 Å². The second-order valence-corrected chi connectivity index (χ2v) is 5.36. The van der Waals surface area contributed by atoms with Gasteiger partial charge in [-0.1, -0.05) is 0 Å². The Labute approximate surface area is 117 Å². The van der Waals surface area contributed by atoms with Gasteiger partial charge in [-0.05, 0) is 22.0 Å². The van der Waals surface area contributed by atoms with E-state index in [0.29, 0.717) is 5.82 Å². The first-order valence-electron chi connectivity index (χ1n) is 5.05. The first kappa shape index (κ1) is 12.8. The zero-order valence-electron chi connectivity index (χ0n) is 9.83. The molecule has 2 rings (SSSR count). The number of hydrogen-bond donors (Lipinski definition) is 0. The van der Waals surface area contributed by atoms with Crippen LogP contribution in [0.25, 0.3) is 0 Å². The van der Waals surface area contributed by atoms with Crippen molar-refractivity contribution < 1.29 is 0 Å². The molecule has 0 N–H and O–H groups in total. The van der Waals surface area contributed by atoms with Crippen molar-refractivity contribution in [1.29, 1.82) is 5.26 Å². The molecule has 0 fully saturated rings. The molecule has 0 aliphatic heterocycles. The highest BCUT2D eigenvalue weighted by atomic mass is 79.9. The SMILES string of the molecule is CN(C#N)c1cc(N(C)c2cc(Br)cs2)ncn1. The van der Waals surface area contributed by atoms with E-state index < -0.39 is 0 Å². The second-order valence-electron chi connectivity index (χ2n) is 3.56. The fourth-order valence-corrected chi connectivity index (χ4v) is 2.74. The van der Waals surface area contributed by atoms with E-state index in [1.54, 1.807) is 24.5 Å². The van der Waals surface area contributed by atoms with E-state index in [0.717, 1.165) is 15.3 Å². The Bertz CT molecular complexity index is 591. The summed E-state index contributed by atoms with van der Waals surface area (Å²) in [5.41, 5.74) is 0. The second kappa shape index (κ2) is 5.33. The van der Waals surface area contributed by atoms with E-state index in [-0.39, 0.29) is 0 Å². The Kier molecular flexibility index (Phi) is 3.79. The van der Waals surface area contributed by atoms with E-state index >= 15 is 0 Å². The summed E-state index contributed by atoms with van der Waals surface area (Å²) < 4.78 is 1.04. The van der Waals surface area contributed by atoms with Crippen LogP contribution in [0, 0.1) is 11.5 Å². The van der Waals surface area contributed by atoms with E-state index in [1.807, 2.05) is 29.6 Å². The lowest BCUT2D eigenvalue weighted by molar-refractivity contribution is 1.05. The van der Waals surface area contributed by atoms with E-state index in [4.69, 9.17) is 5.26 Å². The fourth-order valence-electron chi connectivity index (χ4n) is 1.35. The molecule has 0 aromatic carbocycles. The van der Waals surface area contributed by atoms with Crippen molar-refractivity contribution in [2.24, 2.45) is 0 Å². The third kappa shape index (κ3) is 2.60. The van der Waals surface area contributed by atoms with Crippen LogP contribution >= 0.6 is 27.3 Å². The highest BCUT2D eigenvalue weighted by Gasteiger charge is 2.10. The summed E-state index contributed by atoms with van der Waals surface area (Å²) >= 11 is 5.03. The number of rotatable bonds is 3. The quantitative estimate of drug-likeness (QED) is 0.642. The van der Waals surface area contributed by atoms with Crippen molar-refractivity contribution >= 4 is 43.9 Å². The van der Waals surface area contributed by atoms with Crippen molar-refractivity contribution in [2.75, 3.05) is 23.9 Å². The third-order valence-electron chi connectivity index (χ3n) is 2.36. The minimum absolute atomic E-state index is 0.574. The maximum atomic E-state index is 8.84. The normalized spacial score (nSPS) is 9.89. The maximum Gasteiger partial charge on any atom is 0.185 e. The highest BCUT2D eigenvalue weighted by molar-refractivity contribution is 9.10. The Balaban J connectivity index is 2.31. The standard InChI is InChI=1S/C11H10BrN5S/c1-16(6-13)9-4-10(15-7-14-9)17(2)11-3-8(12)5-18-11/h3-5,7H,1-2H3. The molecule has 2 aromatic rings. The van der Waals surface area contributed by atoms with Gasteiger partial charge < -0.3 is 4.90 Å². The lowest BCUT2D eigenvalue weighted by Crippen LogP contribution is -2.14. The average molecular weight is 324 g/mol. The van der Waals surface area contributed by atoms with E-state index in [2.05, 4.69) is 25.9 Å². The third-order valence-corrected chi connectivity index (χ3v) is 4.13. The number of nitrogens with zero attached hydrogens (tertiary/aromatic N) is 5. The lowest BCUT2D eigenvalue weighted by atomic mass is 10.4. The van der Waals surface area contributed by atoms with Crippen molar-refractivity contribution in [2.45, 2.75) is 0 Å². The van der Waals surface area contributed by atoms with E-state index in [1.165, 1.54) is 11.2 Å². The van der Waals surface area contributed by atoms with Gasteiger partial charge in [0.25, 0.3) is 0 Å². The van der Waals surface area contributed by atoms with Crippen molar-refractivity contribution in [3.05, 3.63) is 28.3 Å². The molecular weight excluding hydrogens is 314 g/mol. The lowest BCUT2D eigenvalue weighted by Gasteiger charge is -2.17. The summed E-state index contributed by atoms with van der Waals surface area (Å²) in [4.78, 5) is 11.6. The molecule has 0 aliphatic rings. The van der Waals surface area contributed by atoms with Crippen LogP contribution in [0.5, 0.6) is 0 Å². The average Bonchev–Trinajstić information content (AvgIpc) is 2.83. The molecule has 5 nitrogen and oxygen atoms in total. The molecule has 0 saturated carbocycles. The molecule has 0 saturated heterocycles. The van der Waals surface area contributed by atoms with Crippen molar-refractivity contribution in [1.82, 2.24) is 9.97 Å². The highest BCUT2D eigenvalue weighted by Crippen LogP contribution is 2.31. The molecular formula is C11H10BrN5S. The van der Waals surface area contributed by atoms with Crippen LogP contribution in [0.4, 0.5) is 16.6 Å². The Morgan fingerprint density at radius 3 is 2.61 bits per heavy atom. The predicted molar refractivity (Wildman–Crippen MR) is 76.1 cm³/mol. The molecule has 7 heteroatoms. The molecule has 0 radical (unpaired) electrons. The van der Waals surface area contributed by atoms with Gasteiger partial charge in [0.2, 0.25) is 0 Å². The number of nitriles is 1. The van der Waals surface area contributed by atoms with Gasteiger partial charge in [-0.15, -0.1) is 11.3 Å². The van der Waals surface area contributed by atoms with Crippen LogP contribution in [0.1, 0.15) is 0 Å². The first-order valence-corrected chi connectivity index (χ1v) is 6.72. The Morgan fingerprint density at radius 1 is 1.28 bits per heavy atom. The predicted octanol–water partition coefficient (Wildman–Crippen LogP) is 2.99. The number of halogens is 1. The van der Waals surface area contributed by atoms with Crippen LogP contribution in [0.15, 0.2) is 28.3 Å². The van der Waals surface area contributed by atoms with Gasteiger partial charge >= 0.3 is 0 Å². The molecule has 92 valence electrons. The Hall–Kier alpha value is -1.65. The van der Waals surface area contributed by atoms with Gasteiger partial charge in [0.15, 0.2) is 6.19 Å². The molecule has 0 bridgehead atoms. The van der Waals surface area contributed by atoms with Gasteiger partial charge in [-0.2, -0.15) is 5.26 Å². The van der Waals surface area contributed by atoms with Crippen LogP contribution in [0.2, 0.25) is 0 Å². The summed E-state index contributed by atoms with van der Waals surface area (Å²) in [6, 6.07) is 3.79. The van der Waals surface area contributed by atoms with Crippen LogP contribution < -0.4 is 9.80 Å². The van der Waals surface area contributed by atoms with E-state index in [9.17, 15) is 0 Å². The summed E-state index contributed by atoms with van der Waals surface area (Å²) in [5, 5.41) is 11.9. The first-order chi connectivity index (χ1) is 8.61. The topological polar surface area (TPSA) is 56.1 Å². The summed E-state index contributed by atoms with van der Waals surface area (Å²) in [5.74, 6) is 1.32. The molecule has 18 heavy (non-hydrogen) atoms. The Morgan fingerprint density at radius 2 is 2.00 bits per heavy atom. The molecule has 0 aliphatic carbocycles. The summed E-state index contributed by atoms with van der Waals surface area (Å²) in [7, 11) is 3.59. The molecule has 0 amide bonds. The molecule has 0 atom stereocenters. The van der Waals surface area contributed by atoms with Crippen LogP contribution in [-0.4, -0.2) is 24.1 Å². The number of thiophene rings is 1. The van der Waals surface area contributed by atoms with Gasteiger partial charge in [0.1, 0.15) is 18.0 Å². The smallest absolute Gasteiger partial charge is 0.185 e. The van der Waals surface area contributed by atoms with Crippen LogP contribution in [-0.2, 0) is 0 Å². The number of hydrogen-bond acceptors (Lipinski definition) is 6. The van der Waals surface area contributed by atoms with Crippen molar-refractivity contribution in [3.63, 3.8) is 0 Å². The zero-order chi connectivity index (χ0) is 13.1. The number of anilines is 3. The van der Waals surface area contributed by atoms with Gasteiger partial charge in [-0.25, -0.2) is 9.97 Å². The fraction of sp³-hybridized carbons (Fsp3) is 0.182. The van der Waals surface area contributed by atoms with Gasteiger partial charge in [0.05, 0.1) is 5.00 Å². The molecule has 2 heterocycles.